The molecule has 1 aliphatic heterocycles. The van der Waals surface area contributed by atoms with Gasteiger partial charge in [-0.2, -0.15) is 18.3 Å². The lowest BCUT2D eigenvalue weighted by Gasteiger charge is -2.37. The fourth-order valence-corrected chi connectivity index (χ4v) is 4.09. The van der Waals surface area contributed by atoms with Gasteiger partial charge >= 0.3 is 6.18 Å². The summed E-state index contributed by atoms with van der Waals surface area (Å²) in [7, 11) is 3.52. The topological polar surface area (TPSA) is 54.7 Å². The minimum absolute atomic E-state index is 0. The molecule has 0 amide bonds. The summed E-state index contributed by atoms with van der Waals surface area (Å²) < 4.78 is 47.5. The quantitative estimate of drug-likeness (QED) is 0.381. The Morgan fingerprint density at radius 3 is 2.75 bits per heavy atom. The number of ether oxygens (including phenoxy) is 1. The molecule has 1 aliphatic carbocycles. The second kappa shape index (κ2) is 10.1. The first-order valence-corrected chi connectivity index (χ1v) is 9.51. The Kier molecular flexibility index (Phi) is 8.41. The fourth-order valence-electron chi connectivity index (χ4n) is 4.09. The molecule has 2 aliphatic rings. The number of aryl methyl sites for hydroxylation is 1. The summed E-state index contributed by atoms with van der Waals surface area (Å²) in [6.45, 7) is 2.09. The number of aliphatic imine (C=N–C) groups is 1. The van der Waals surface area contributed by atoms with Crippen LogP contribution in [0, 0.1) is 11.8 Å². The second-order valence-electron chi connectivity index (χ2n) is 7.37. The van der Waals surface area contributed by atoms with E-state index in [2.05, 4.69) is 15.4 Å². The molecule has 0 bridgehead atoms. The van der Waals surface area contributed by atoms with E-state index < -0.39 is 18.0 Å². The minimum Gasteiger partial charge on any atom is -0.370 e. The molecule has 1 aromatic heterocycles. The van der Waals surface area contributed by atoms with E-state index in [1.165, 1.54) is 0 Å². The normalized spacial score (nSPS) is 26.7. The van der Waals surface area contributed by atoms with Gasteiger partial charge in [0.25, 0.3) is 0 Å². The first kappa shape index (κ1) is 23.2. The van der Waals surface area contributed by atoms with Crippen molar-refractivity contribution in [3.05, 3.63) is 18.0 Å². The van der Waals surface area contributed by atoms with E-state index >= 15 is 0 Å². The molecule has 160 valence electrons. The van der Waals surface area contributed by atoms with Gasteiger partial charge in [-0.25, -0.2) is 0 Å². The maximum absolute atomic E-state index is 13.3. The van der Waals surface area contributed by atoms with Crippen LogP contribution in [0.25, 0.3) is 0 Å². The minimum atomic E-state index is -4.12. The molecule has 2 fully saturated rings. The fraction of sp³-hybridized carbons (Fsp3) is 0.778. The zero-order valence-electron chi connectivity index (χ0n) is 16.3. The largest absolute Gasteiger partial charge is 0.392 e. The number of nitrogens with zero attached hydrogens (tertiary/aromatic N) is 4. The molecule has 1 N–H and O–H groups in total. The average Bonchev–Trinajstić information content (AvgIpc) is 3.08. The Balaban J connectivity index is 0.00000280. The van der Waals surface area contributed by atoms with E-state index in [1.807, 2.05) is 18.1 Å². The summed E-state index contributed by atoms with van der Waals surface area (Å²) >= 11 is 0. The number of morpholine rings is 1. The molecule has 0 spiro atoms. The van der Waals surface area contributed by atoms with Gasteiger partial charge in [0.15, 0.2) is 5.96 Å². The highest BCUT2D eigenvalue weighted by molar-refractivity contribution is 14.0. The number of guanidine groups is 1. The highest BCUT2D eigenvalue weighted by atomic mass is 127. The van der Waals surface area contributed by atoms with Crippen molar-refractivity contribution < 1.29 is 17.9 Å². The van der Waals surface area contributed by atoms with Crippen LogP contribution in [-0.2, 0) is 11.8 Å². The lowest BCUT2D eigenvalue weighted by Crippen LogP contribution is -2.50. The van der Waals surface area contributed by atoms with Crippen LogP contribution < -0.4 is 5.32 Å². The van der Waals surface area contributed by atoms with Crippen molar-refractivity contribution in [2.45, 2.75) is 38.0 Å². The van der Waals surface area contributed by atoms with Crippen LogP contribution in [0.15, 0.2) is 17.4 Å². The summed E-state index contributed by atoms with van der Waals surface area (Å²) in [6.07, 6.45) is 1.80. The molecule has 28 heavy (non-hydrogen) atoms. The van der Waals surface area contributed by atoms with Gasteiger partial charge in [0.05, 0.1) is 25.3 Å². The molecule has 2 heterocycles. The molecule has 0 radical (unpaired) electrons. The maximum atomic E-state index is 13.3. The standard InChI is InChI=1S/C18H28F3N5O.HI/c1-22-17(23-9-13-5-3-4-6-15(13)18(19,20)21)26-7-8-27-16(12-26)14-10-24-25(2)11-14;/h10-11,13,15-16H,3-9,12H2,1-2H3,(H,22,23);1H. The summed E-state index contributed by atoms with van der Waals surface area (Å²) in [4.78, 5) is 6.34. The molecule has 0 aromatic carbocycles. The summed E-state index contributed by atoms with van der Waals surface area (Å²) in [5, 5.41) is 7.36. The van der Waals surface area contributed by atoms with Crippen LogP contribution in [0.3, 0.4) is 0 Å². The van der Waals surface area contributed by atoms with Crippen LogP contribution in [0.4, 0.5) is 13.2 Å². The molecule has 1 saturated carbocycles. The van der Waals surface area contributed by atoms with Gasteiger partial charge in [0.1, 0.15) is 6.10 Å². The zero-order chi connectivity index (χ0) is 19.4. The summed E-state index contributed by atoms with van der Waals surface area (Å²) in [6, 6.07) is 0. The molecule has 1 saturated heterocycles. The van der Waals surface area contributed by atoms with Crippen molar-refractivity contribution in [2.24, 2.45) is 23.9 Å². The molecular weight excluding hydrogens is 486 g/mol. The first-order chi connectivity index (χ1) is 12.9. The van der Waals surface area contributed by atoms with Gasteiger partial charge in [-0.15, -0.1) is 24.0 Å². The number of hydrogen-bond acceptors (Lipinski definition) is 3. The summed E-state index contributed by atoms with van der Waals surface area (Å²) in [5.74, 6) is -0.978. The molecule has 3 atom stereocenters. The first-order valence-electron chi connectivity index (χ1n) is 9.51. The van der Waals surface area contributed by atoms with Crippen molar-refractivity contribution in [2.75, 3.05) is 33.3 Å². The molecular formula is C18H29F3IN5O. The van der Waals surface area contributed by atoms with Crippen LogP contribution in [0.1, 0.15) is 37.4 Å². The molecule has 3 rings (SSSR count). The van der Waals surface area contributed by atoms with Gasteiger partial charge in [-0.3, -0.25) is 9.67 Å². The van der Waals surface area contributed by atoms with Crippen LogP contribution in [0.5, 0.6) is 0 Å². The van der Waals surface area contributed by atoms with Crippen molar-refractivity contribution in [1.29, 1.82) is 0 Å². The predicted molar refractivity (Wildman–Crippen MR) is 112 cm³/mol. The van der Waals surface area contributed by atoms with Gasteiger partial charge in [0.2, 0.25) is 0 Å². The Morgan fingerprint density at radius 2 is 2.11 bits per heavy atom. The second-order valence-corrected chi connectivity index (χ2v) is 7.37. The molecule has 3 unspecified atom stereocenters. The third kappa shape index (κ3) is 5.74. The van der Waals surface area contributed by atoms with Crippen molar-refractivity contribution >= 4 is 29.9 Å². The van der Waals surface area contributed by atoms with E-state index in [1.54, 1.807) is 17.9 Å². The Labute approximate surface area is 180 Å². The monoisotopic (exact) mass is 515 g/mol. The smallest absolute Gasteiger partial charge is 0.370 e. The van der Waals surface area contributed by atoms with Gasteiger partial charge in [0, 0.05) is 38.9 Å². The van der Waals surface area contributed by atoms with E-state index in [9.17, 15) is 13.2 Å². The number of halogens is 4. The van der Waals surface area contributed by atoms with Gasteiger partial charge < -0.3 is 15.0 Å². The van der Waals surface area contributed by atoms with Crippen molar-refractivity contribution in [3.8, 4) is 0 Å². The lowest BCUT2D eigenvalue weighted by atomic mass is 9.79. The van der Waals surface area contributed by atoms with Crippen LogP contribution >= 0.6 is 24.0 Å². The Morgan fingerprint density at radius 1 is 1.36 bits per heavy atom. The van der Waals surface area contributed by atoms with Crippen LogP contribution in [0.2, 0.25) is 0 Å². The lowest BCUT2D eigenvalue weighted by molar-refractivity contribution is -0.195. The SMILES string of the molecule is CN=C(NCC1CCCCC1C(F)(F)F)N1CCOC(c2cnn(C)c2)C1.I. The van der Waals surface area contributed by atoms with Crippen molar-refractivity contribution in [1.82, 2.24) is 20.0 Å². The van der Waals surface area contributed by atoms with Gasteiger partial charge in [-0.1, -0.05) is 12.8 Å². The zero-order valence-corrected chi connectivity index (χ0v) is 18.6. The van der Waals surface area contributed by atoms with E-state index in [4.69, 9.17) is 4.74 Å². The third-order valence-corrected chi connectivity index (χ3v) is 5.53. The third-order valence-electron chi connectivity index (χ3n) is 5.53. The Bertz CT molecular complexity index is 651. The number of alkyl halides is 3. The average molecular weight is 515 g/mol. The highest BCUT2D eigenvalue weighted by Crippen LogP contribution is 2.41. The van der Waals surface area contributed by atoms with Crippen LogP contribution in [-0.4, -0.2) is 60.1 Å². The van der Waals surface area contributed by atoms with E-state index in [0.29, 0.717) is 45.0 Å². The van der Waals surface area contributed by atoms with E-state index in [0.717, 1.165) is 12.0 Å². The maximum Gasteiger partial charge on any atom is 0.392 e. The summed E-state index contributed by atoms with van der Waals surface area (Å²) in [5.41, 5.74) is 0.988. The highest BCUT2D eigenvalue weighted by Gasteiger charge is 2.45. The predicted octanol–water partition coefficient (Wildman–Crippen LogP) is 3.36. The number of aromatic nitrogens is 2. The molecule has 6 nitrogen and oxygen atoms in total. The van der Waals surface area contributed by atoms with Crippen molar-refractivity contribution in [3.63, 3.8) is 0 Å². The molecule has 1 aromatic rings. The number of nitrogens with one attached hydrogen (secondary N) is 1. The number of hydrogen-bond donors (Lipinski definition) is 1. The Hall–Kier alpha value is -1.04. The molecule has 10 heteroatoms. The van der Waals surface area contributed by atoms with Gasteiger partial charge in [-0.05, 0) is 18.8 Å². The number of rotatable bonds is 3. The van der Waals surface area contributed by atoms with E-state index in [-0.39, 0.29) is 36.5 Å².